The van der Waals surface area contributed by atoms with Gasteiger partial charge in [-0.3, -0.25) is 5.32 Å². The Bertz CT molecular complexity index is 1300. The van der Waals surface area contributed by atoms with Gasteiger partial charge in [0.05, 0.1) is 23.7 Å². The molecule has 0 bridgehead atoms. The van der Waals surface area contributed by atoms with Crippen molar-refractivity contribution in [3.63, 3.8) is 0 Å². The van der Waals surface area contributed by atoms with E-state index in [1.807, 2.05) is 0 Å². The van der Waals surface area contributed by atoms with Crippen LogP contribution in [0.2, 0.25) is 0 Å². The first-order chi connectivity index (χ1) is 15.0. The molecule has 0 saturated heterocycles. The Morgan fingerprint density at radius 3 is 2.84 bits per heavy atom. The van der Waals surface area contributed by atoms with E-state index < -0.39 is 11.8 Å². The van der Waals surface area contributed by atoms with E-state index in [2.05, 4.69) is 30.9 Å². The Labute approximate surface area is 174 Å². The summed E-state index contributed by atoms with van der Waals surface area (Å²) in [6, 6.07) is 5.19. The smallest absolute Gasteiger partial charge is 0.326 e. The number of halogens is 1. The second-order valence-electron chi connectivity index (χ2n) is 7.10. The van der Waals surface area contributed by atoms with Crippen LogP contribution >= 0.6 is 0 Å². The number of carbonyl (C=O) groups is 1. The molecular formula is C19H17FN8O3. The van der Waals surface area contributed by atoms with Crippen LogP contribution in [0.5, 0.6) is 0 Å². The Balaban J connectivity index is 1.41. The highest BCUT2D eigenvalue weighted by Gasteiger charge is 2.29. The van der Waals surface area contributed by atoms with Gasteiger partial charge in [-0.05, 0) is 25.0 Å². The molecule has 3 aromatic heterocycles. The van der Waals surface area contributed by atoms with E-state index in [9.17, 15) is 9.18 Å². The van der Waals surface area contributed by atoms with Crippen LogP contribution in [0.25, 0.3) is 22.3 Å². The van der Waals surface area contributed by atoms with Gasteiger partial charge in [-0.1, -0.05) is 11.2 Å². The molecular weight excluding hydrogens is 407 g/mol. The summed E-state index contributed by atoms with van der Waals surface area (Å²) in [6.07, 6.45) is 3.38. The first kappa shape index (κ1) is 18.9. The topological polar surface area (TPSA) is 157 Å². The zero-order valence-corrected chi connectivity index (χ0v) is 16.0. The first-order valence-electron chi connectivity index (χ1n) is 9.46. The second kappa shape index (κ2) is 7.32. The summed E-state index contributed by atoms with van der Waals surface area (Å²) in [5.74, 6) is -0.375. The average Bonchev–Trinajstić information content (AvgIpc) is 3.37. The number of amides is 2. The minimum atomic E-state index is -0.728. The Morgan fingerprint density at radius 2 is 2.13 bits per heavy atom. The van der Waals surface area contributed by atoms with E-state index in [-0.39, 0.29) is 35.7 Å². The van der Waals surface area contributed by atoms with Crippen molar-refractivity contribution in [1.82, 2.24) is 24.9 Å². The molecule has 1 fully saturated rings. The maximum Gasteiger partial charge on any atom is 0.326 e. The number of nitrogens with one attached hydrogen (secondary N) is 2. The maximum atomic E-state index is 14.8. The lowest BCUT2D eigenvalue weighted by Gasteiger charge is -2.08. The van der Waals surface area contributed by atoms with Gasteiger partial charge >= 0.3 is 6.03 Å². The highest BCUT2D eigenvalue weighted by molar-refractivity contribution is 6.00. The number of nitrogens with zero attached hydrogens (tertiary/aromatic N) is 5. The molecule has 0 spiro atoms. The fourth-order valence-electron chi connectivity index (χ4n) is 3.25. The molecule has 0 atom stereocenters. The monoisotopic (exact) mass is 424 g/mol. The lowest BCUT2D eigenvalue weighted by Crippen LogP contribution is -2.19. The van der Waals surface area contributed by atoms with Crippen LogP contribution in [0.3, 0.4) is 0 Å². The zero-order chi connectivity index (χ0) is 21.5. The number of nitrogens with two attached hydrogens (primary N) is 1. The average molecular weight is 424 g/mol. The van der Waals surface area contributed by atoms with Gasteiger partial charge in [0.1, 0.15) is 29.4 Å². The molecule has 3 heterocycles. The molecule has 1 aliphatic carbocycles. The standard InChI is InChI=1S/C19H17FN8O3/c20-12-5-9(1-4-13(12)24-19(30)25-14-6-10(7-29)27-31-14)16-15-17(21)22-8-23-18(15)28(26-16)11-2-3-11/h1,4-6,8,11,29H,2-3,7H2,(H2,21,22,23)(H2,24,25,30). The highest BCUT2D eigenvalue weighted by Crippen LogP contribution is 2.40. The fraction of sp³-hybridized carbons (Fsp3) is 0.211. The number of aliphatic hydroxyl groups is 1. The van der Waals surface area contributed by atoms with Gasteiger partial charge < -0.3 is 20.7 Å². The van der Waals surface area contributed by atoms with Crippen molar-refractivity contribution in [3.8, 4) is 11.3 Å². The molecule has 2 amide bonds. The van der Waals surface area contributed by atoms with Crippen LogP contribution in [-0.4, -0.2) is 36.0 Å². The van der Waals surface area contributed by atoms with Crippen molar-refractivity contribution in [2.24, 2.45) is 0 Å². The molecule has 4 aromatic rings. The Kier molecular flexibility index (Phi) is 4.47. The zero-order valence-electron chi connectivity index (χ0n) is 16.0. The molecule has 1 saturated carbocycles. The number of fused-ring (bicyclic) bond motifs is 1. The summed E-state index contributed by atoms with van der Waals surface area (Å²) in [5, 5.41) is 22.4. The number of carbonyl (C=O) groups excluding carboxylic acids is 1. The van der Waals surface area contributed by atoms with E-state index >= 15 is 0 Å². The van der Waals surface area contributed by atoms with Crippen molar-refractivity contribution in [2.45, 2.75) is 25.5 Å². The van der Waals surface area contributed by atoms with Gasteiger partial charge in [-0.2, -0.15) is 5.10 Å². The molecule has 11 nitrogen and oxygen atoms in total. The molecule has 0 unspecified atom stereocenters. The molecule has 158 valence electrons. The van der Waals surface area contributed by atoms with Gasteiger partial charge in [0.2, 0.25) is 5.88 Å². The van der Waals surface area contributed by atoms with Crippen molar-refractivity contribution in [3.05, 3.63) is 42.1 Å². The van der Waals surface area contributed by atoms with Crippen LogP contribution < -0.4 is 16.4 Å². The molecule has 1 aliphatic rings. The second-order valence-corrected chi connectivity index (χ2v) is 7.10. The summed E-state index contributed by atoms with van der Waals surface area (Å²) in [5.41, 5.74) is 7.84. The third-order valence-corrected chi connectivity index (χ3v) is 4.86. The number of nitrogen functional groups attached to an aromatic ring is 1. The van der Waals surface area contributed by atoms with Crippen molar-refractivity contribution in [2.75, 3.05) is 16.4 Å². The number of rotatable bonds is 5. The summed E-state index contributed by atoms with van der Waals surface area (Å²) < 4.78 is 21.4. The van der Waals surface area contributed by atoms with Gasteiger partial charge in [0, 0.05) is 11.6 Å². The van der Waals surface area contributed by atoms with Crippen molar-refractivity contribution in [1.29, 1.82) is 0 Å². The summed E-state index contributed by atoms with van der Waals surface area (Å²) in [7, 11) is 0. The molecule has 1 aromatic carbocycles. The fourth-order valence-corrected chi connectivity index (χ4v) is 3.25. The largest absolute Gasteiger partial charge is 0.390 e. The number of aliphatic hydroxyl groups excluding tert-OH is 1. The minimum Gasteiger partial charge on any atom is -0.390 e. The Morgan fingerprint density at radius 1 is 1.29 bits per heavy atom. The summed E-state index contributed by atoms with van der Waals surface area (Å²) in [6.45, 7) is -0.330. The number of anilines is 3. The molecule has 0 aliphatic heterocycles. The van der Waals surface area contributed by atoms with Crippen LogP contribution in [0, 0.1) is 5.82 Å². The third-order valence-electron chi connectivity index (χ3n) is 4.86. The van der Waals surface area contributed by atoms with Gasteiger partial charge in [0.15, 0.2) is 5.65 Å². The summed E-state index contributed by atoms with van der Waals surface area (Å²) >= 11 is 0. The predicted octanol–water partition coefficient (Wildman–Crippen LogP) is 2.67. The van der Waals surface area contributed by atoms with Crippen LogP contribution in [0.15, 0.2) is 35.1 Å². The maximum absolute atomic E-state index is 14.8. The Hall–Kier alpha value is -4.06. The number of hydrogen-bond acceptors (Lipinski definition) is 8. The first-order valence-corrected chi connectivity index (χ1v) is 9.46. The molecule has 12 heteroatoms. The van der Waals surface area contributed by atoms with E-state index in [0.29, 0.717) is 22.3 Å². The number of benzene rings is 1. The van der Waals surface area contributed by atoms with Crippen molar-refractivity contribution < 1.29 is 18.8 Å². The van der Waals surface area contributed by atoms with Crippen molar-refractivity contribution >= 4 is 34.5 Å². The lowest BCUT2D eigenvalue weighted by atomic mass is 10.1. The molecule has 31 heavy (non-hydrogen) atoms. The molecule has 0 radical (unpaired) electrons. The number of aromatic nitrogens is 5. The number of hydrogen-bond donors (Lipinski definition) is 4. The third kappa shape index (κ3) is 3.53. The normalized spacial score (nSPS) is 13.5. The van der Waals surface area contributed by atoms with Crippen LogP contribution in [0.1, 0.15) is 24.6 Å². The van der Waals surface area contributed by atoms with E-state index in [0.717, 1.165) is 12.8 Å². The van der Waals surface area contributed by atoms with Gasteiger partial charge in [-0.15, -0.1) is 0 Å². The van der Waals surface area contributed by atoms with Crippen LogP contribution in [0.4, 0.5) is 26.6 Å². The van der Waals surface area contributed by atoms with Gasteiger partial charge in [-0.25, -0.2) is 23.8 Å². The van der Waals surface area contributed by atoms with Crippen LogP contribution in [-0.2, 0) is 6.61 Å². The van der Waals surface area contributed by atoms with E-state index in [4.69, 9.17) is 15.4 Å². The van der Waals surface area contributed by atoms with Gasteiger partial charge in [0.25, 0.3) is 0 Å². The predicted molar refractivity (Wildman–Crippen MR) is 108 cm³/mol. The molecule has 5 N–H and O–H groups in total. The minimum absolute atomic E-state index is 0.0196. The SMILES string of the molecule is Nc1ncnc2c1c(-c1ccc(NC(=O)Nc3cc(CO)no3)c(F)c1)nn2C1CC1. The lowest BCUT2D eigenvalue weighted by molar-refractivity contribution is 0.260. The highest BCUT2D eigenvalue weighted by atomic mass is 19.1. The molecule has 5 rings (SSSR count). The summed E-state index contributed by atoms with van der Waals surface area (Å²) in [4.78, 5) is 20.4. The quantitative estimate of drug-likeness (QED) is 0.381. The van der Waals surface area contributed by atoms with E-state index in [1.165, 1.54) is 24.5 Å². The number of urea groups is 1. The van der Waals surface area contributed by atoms with E-state index in [1.54, 1.807) is 10.7 Å².